The van der Waals surface area contributed by atoms with Gasteiger partial charge in [0.15, 0.2) is 0 Å². The summed E-state index contributed by atoms with van der Waals surface area (Å²) < 4.78 is 15.8. The number of imide groups is 1. The van der Waals surface area contributed by atoms with Crippen molar-refractivity contribution in [2.45, 2.75) is 20.3 Å². The predicted molar refractivity (Wildman–Crippen MR) is 121 cm³/mol. The Morgan fingerprint density at radius 1 is 0.906 bits per heavy atom. The summed E-state index contributed by atoms with van der Waals surface area (Å²) >= 11 is 6.24. The summed E-state index contributed by atoms with van der Waals surface area (Å²) in [6.45, 7) is 5.45. The fourth-order valence-electron chi connectivity index (χ4n) is 3.09. The van der Waals surface area contributed by atoms with E-state index in [1.54, 1.807) is 24.3 Å². The summed E-state index contributed by atoms with van der Waals surface area (Å²) in [5.41, 5.74) is 1.25. The Bertz CT molecular complexity index is 1010. The van der Waals surface area contributed by atoms with Crippen molar-refractivity contribution in [2.24, 2.45) is 0 Å². The van der Waals surface area contributed by atoms with Gasteiger partial charge in [0.2, 0.25) is 0 Å². The zero-order chi connectivity index (χ0) is 23.1. The molecule has 0 saturated heterocycles. The fraction of sp³-hybridized carbons (Fsp3) is 0.292. The van der Waals surface area contributed by atoms with E-state index in [1.807, 2.05) is 13.8 Å². The summed E-state index contributed by atoms with van der Waals surface area (Å²) in [4.78, 5) is 38.8. The number of hydrogen-bond acceptors (Lipinski definition) is 6. The highest BCUT2D eigenvalue weighted by Gasteiger charge is 2.39. The highest BCUT2D eigenvalue weighted by molar-refractivity contribution is 6.60. The van der Waals surface area contributed by atoms with Gasteiger partial charge in [0.25, 0.3) is 11.8 Å². The van der Waals surface area contributed by atoms with Crippen LogP contribution in [0, 0.1) is 0 Å². The molecule has 0 N–H and O–H groups in total. The molecule has 1 heterocycles. The lowest BCUT2D eigenvalue weighted by Gasteiger charge is -2.15. The number of rotatable bonds is 10. The summed E-state index contributed by atoms with van der Waals surface area (Å²) in [5, 5.41) is -0.156. The largest absolute Gasteiger partial charge is 0.494 e. The van der Waals surface area contributed by atoms with E-state index in [9.17, 15) is 14.4 Å². The maximum absolute atomic E-state index is 13.0. The normalized spacial score (nSPS) is 13.7. The van der Waals surface area contributed by atoms with Crippen molar-refractivity contribution in [3.63, 3.8) is 0 Å². The van der Waals surface area contributed by atoms with E-state index >= 15 is 0 Å². The lowest BCUT2D eigenvalue weighted by Crippen LogP contribution is -2.31. The second-order valence-electron chi connectivity index (χ2n) is 6.89. The predicted octanol–water partition coefficient (Wildman–Crippen LogP) is 4.19. The van der Waals surface area contributed by atoms with Gasteiger partial charge in [-0.2, -0.15) is 0 Å². The van der Waals surface area contributed by atoms with Crippen LogP contribution in [0.4, 0.5) is 5.69 Å². The number of anilines is 1. The van der Waals surface area contributed by atoms with Crippen molar-refractivity contribution >= 4 is 40.6 Å². The Balaban J connectivity index is 1.73. The standard InChI is InChI=1S/C24H24ClNO6/c1-3-13-31-19-11-7-16(8-12-19)20-21(25)23(28)26(22(20)27)18-9-5-17(6-10-18)24(29)32-15-14-30-4-2/h5-12H,3-4,13-15H2,1-2H3. The molecule has 0 saturated carbocycles. The average Bonchev–Trinajstić information content (AvgIpc) is 3.03. The SMILES string of the molecule is CCCOc1ccc(C2=C(Cl)C(=O)N(c3ccc(C(=O)OCCOCC)cc3)C2=O)cc1. The number of carbonyl (C=O) groups is 3. The van der Waals surface area contributed by atoms with Crippen LogP contribution in [-0.4, -0.2) is 44.2 Å². The molecule has 0 unspecified atom stereocenters. The van der Waals surface area contributed by atoms with Crippen molar-refractivity contribution in [3.05, 3.63) is 64.7 Å². The lowest BCUT2D eigenvalue weighted by atomic mass is 10.1. The molecule has 1 aliphatic heterocycles. The molecule has 0 fully saturated rings. The van der Waals surface area contributed by atoms with Crippen molar-refractivity contribution < 1.29 is 28.6 Å². The van der Waals surface area contributed by atoms with Crippen molar-refractivity contribution in [1.82, 2.24) is 0 Å². The monoisotopic (exact) mass is 457 g/mol. The van der Waals surface area contributed by atoms with Gasteiger partial charge in [0.05, 0.1) is 30.0 Å². The minimum Gasteiger partial charge on any atom is -0.494 e. The molecule has 0 bridgehead atoms. The van der Waals surface area contributed by atoms with E-state index in [0.29, 0.717) is 42.4 Å². The van der Waals surface area contributed by atoms with Crippen LogP contribution in [0.25, 0.3) is 5.57 Å². The summed E-state index contributed by atoms with van der Waals surface area (Å²) in [5.74, 6) is -0.999. The second kappa shape index (κ2) is 10.9. The van der Waals surface area contributed by atoms with Crippen molar-refractivity contribution in [1.29, 1.82) is 0 Å². The molecular formula is C24H24ClNO6. The van der Waals surface area contributed by atoms with Crippen LogP contribution in [0.1, 0.15) is 36.2 Å². The van der Waals surface area contributed by atoms with Gasteiger partial charge >= 0.3 is 5.97 Å². The first-order valence-corrected chi connectivity index (χ1v) is 10.7. The molecule has 0 spiro atoms. The van der Waals surface area contributed by atoms with Crippen LogP contribution in [-0.2, 0) is 19.1 Å². The number of ether oxygens (including phenoxy) is 3. The summed E-state index contributed by atoms with van der Waals surface area (Å²) in [7, 11) is 0. The van der Waals surface area contributed by atoms with E-state index in [-0.39, 0.29) is 17.2 Å². The van der Waals surface area contributed by atoms with Gasteiger partial charge in [0, 0.05) is 6.61 Å². The van der Waals surface area contributed by atoms with Crippen LogP contribution in [0.5, 0.6) is 5.75 Å². The van der Waals surface area contributed by atoms with Crippen LogP contribution < -0.4 is 9.64 Å². The van der Waals surface area contributed by atoms with Crippen molar-refractivity contribution in [3.8, 4) is 5.75 Å². The number of carbonyl (C=O) groups excluding carboxylic acids is 3. The molecule has 0 aromatic heterocycles. The van der Waals surface area contributed by atoms with E-state index in [4.69, 9.17) is 25.8 Å². The third kappa shape index (κ3) is 5.18. The summed E-state index contributed by atoms with van der Waals surface area (Å²) in [6.07, 6.45) is 0.879. The third-order valence-electron chi connectivity index (χ3n) is 4.67. The Labute approximate surface area is 191 Å². The first-order valence-electron chi connectivity index (χ1n) is 10.3. The van der Waals surface area contributed by atoms with E-state index in [0.717, 1.165) is 11.3 Å². The quantitative estimate of drug-likeness (QED) is 0.302. The molecule has 8 heteroatoms. The van der Waals surface area contributed by atoms with Crippen LogP contribution in [0.15, 0.2) is 53.6 Å². The Morgan fingerprint density at radius 3 is 2.22 bits per heavy atom. The molecule has 32 heavy (non-hydrogen) atoms. The second-order valence-corrected chi connectivity index (χ2v) is 7.27. The fourth-order valence-corrected chi connectivity index (χ4v) is 3.37. The van der Waals surface area contributed by atoms with E-state index in [2.05, 4.69) is 0 Å². The smallest absolute Gasteiger partial charge is 0.338 e. The van der Waals surface area contributed by atoms with Gasteiger partial charge < -0.3 is 14.2 Å². The van der Waals surface area contributed by atoms with Crippen LogP contribution in [0.2, 0.25) is 0 Å². The number of nitrogens with zero attached hydrogens (tertiary/aromatic N) is 1. The Kier molecular flexibility index (Phi) is 8.03. The Morgan fingerprint density at radius 2 is 1.59 bits per heavy atom. The first-order chi connectivity index (χ1) is 15.5. The highest BCUT2D eigenvalue weighted by atomic mass is 35.5. The van der Waals surface area contributed by atoms with Gasteiger partial charge in [-0.3, -0.25) is 9.59 Å². The topological polar surface area (TPSA) is 82.1 Å². The van der Waals surface area contributed by atoms with Gasteiger partial charge in [-0.05, 0) is 55.3 Å². The average molecular weight is 458 g/mol. The summed E-state index contributed by atoms with van der Waals surface area (Å²) in [6, 6.07) is 12.8. The van der Waals surface area contributed by atoms with Crippen molar-refractivity contribution in [2.75, 3.05) is 31.3 Å². The minimum absolute atomic E-state index is 0.123. The zero-order valence-electron chi connectivity index (χ0n) is 17.9. The van der Waals surface area contributed by atoms with E-state index < -0.39 is 17.8 Å². The zero-order valence-corrected chi connectivity index (χ0v) is 18.7. The molecule has 7 nitrogen and oxygen atoms in total. The van der Waals surface area contributed by atoms with Crippen LogP contribution in [0.3, 0.4) is 0 Å². The molecule has 168 valence electrons. The van der Waals surface area contributed by atoms with Gasteiger partial charge in [-0.25, -0.2) is 9.69 Å². The van der Waals surface area contributed by atoms with Crippen LogP contribution >= 0.6 is 11.6 Å². The molecule has 2 aromatic carbocycles. The minimum atomic E-state index is -0.620. The first kappa shape index (κ1) is 23.5. The van der Waals surface area contributed by atoms with E-state index in [1.165, 1.54) is 24.3 Å². The number of benzene rings is 2. The lowest BCUT2D eigenvalue weighted by molar-refractivity contribution is -0.119. The molecule has 1 aliphatic rings. The molecule has 3 rings (SSSR count). The molecule has 2 aromatic rings. The van der Waals surface area contributed by atoms with Gasteiger partial charge in [0.1, 0.15) is 17.4 Å². The third-order valence-corrected chi connectivity index (χ3v) is 5.02. The Hall–Kier alpha value is -3.16. The highest BCUT2D eigenvalue weighted by Crippen LogP contribution is 2.35. The molecule has 2 amide bonds. The van der Waals surface area contributed by atoms with Gasteiger partial charge in [-0.15, -0.1) is 0 Å². The molecular weight excluding hydrogens is 434 g/mol. The van der Waals surface area contributed by atoms with Gasteiger partial charge in [-0.1, -0.05) is 30.7 Å². The maximum atomic E-state index is 13.0. The molecule has 0 radical (unpaired) electrons. The molecule has 0 aliphatic carbocycles. The number of hydrogen-bond donors (Lipinski definition) is 0. The number of amides is 2. The molecule has 0 atom stereocenters. The maximum Gasteiger partial charge on any atom is 0.338 e. The number of esters is 1. The number of halogens is 1.